The Morgan fingerprint density at radius 2 is 1.90 bits per heavy atom. The highest BCUT2D eigenvalue weighted by Crippen LogP contribution is 2.22. The van der Waals surface area contributed by atoms with Crippen molar-refractivity contribution in [1.29, 1.82) is 0 Å². The van der Waals surface area contributed by atoms with Crippen LogP contribution in [0.1, 0.15) is 21.5 Å². The lowest BCUT2D eigenvalue weighted by atomic mass is 9.99. The fourth-order valence-corrected chi connectivity index (χ4v) is 2.94. The Morgan fingerprint density at radius 3 is 2.67 bits per heavy atom. The topological polar surface area (TPSA) is 32.3 Å². The minimum Gasteiger partial charge on any atom is -0.322 e. The van der Waals surface area contributed by atoms with Crippen molar-refractivity contribution in [3.05, 3.63) is 62.7 Å². The van der Waals surface area contributed by atoms with Crippen molar-refractivity contribution in [3.63, 3.8) is 0 Å². The number of hydrogen-bond donors (Lipinski definition) is 1. The monoisotopic (exact) mass is 392 g/mol. The van der Waals surface area contributed by atoms with Crippen molar-refractivity contribution in [3.8, 4) is 0 Å². The molecule has 0 aromatic heterocycles. The van der Waals surface area contributed by atoms with E-state index < -0.39 is 0 Å². The van der Waals surface area contributed by atoms with Gasteiger partial charge in [-0.2, -0.15) is 0 Å². The van der Waals surface area contributed by atoms with Crippen LogP contribution in [0.5, 0.6) is 0 Å². The summed E-state index contributed by atoms with van der Waals surface area (Å²) in [5.41, 5.74) is 4.25. The predicted octanol–water partition coefficient (Wildman–Crippen LogP) is 3.53. The van der Waals surface area contributed by atoms with Crippen molar-refractivity contribution in [1.82, 2.24) is 4.90 Å². The number of anilines is 1. The zero-order valence-corrected chi connectivity index (χ0v) is 14.1. The minimum atomic E-state index is -0.0597. The Balaban J connectivity index is 1.77. The molecule has 0 saturated heterocycles. The lowest BCUT2D eigenvalue weighted by Crippen LogP contribution is -2.26. The summed E-state index contributed by atoms with van der Waals surface area (Å²) in [5, 5.41) is 2.98. The van der Waals surface area contributed by atoms with E-state index in [0.29, 0.717) is 5.56 Å². The predicted molar refractivity (Wildman–Crippen MR) is 93.6 cm³/mol. The second kappa shape index (κ2) is 6.15. The molecule has 1 amide bonds. The van der Waals surface area contributed by atoms with Gasteiger partial charge in [0.1, 0.15) is 0 Å². The Bertz CT molecular complexity index is 667. The number of amides is 1. The van der Waals surface area contributed by atoms with Crippen LogP contribution in [0.15, 0.2) is 42.5 Å². The van der Waals surface area contributed by atoms with E-state index in [1.807, 2.05) is 30.3 Å². The third-order valence-corrected chi connectivity index (χ3v) is 4.49. The van der Waals surface area contributed by atoms with Crippen molar-refractivity contribution in [2.45, 2.75) is 13.0 Å². The summed E-state index contributed by atoms with van der Waals surface area (Å²) in [5.74, 6) is -0.0597. The third-order valence-electron chi connectivity index (χ3n) is 3.77. The average Bonchev–Trinajstić information content (AvgIpc) is 2.47. The van der Waals surface area contributed by atoms with Crippen LogP contribution in [-0.4, -0.2) is 24.4 Å². The van der Waals surface area contributed by atoms with E-state index in [2.05, 4.69) is 52.0 Å². The molecule has 0 aliphatic carbocycles. The molecule has 108 valence electrons. The van der Waals surface area contributed by atoms with Crippen LogP contribution in [0.3, 0.4) is 0 Å². The van der Waals surface area contributed by atoms with E-state index in [1.165, 1.54) is 11.1 Å². The van der Waals surface area contributed by atoms with Gasteiger partial charge in [0.05, 0.1) is 0 Å². The van der Waals surface area contributed by atoms with Crippen molar-refractivity contribution >= 4 is 34.2 Å². The van der Waals surface area contributed by atoms with Gasteiger partial charge >= 0.3 is 0 Å². The molecule has 0 unspecified atom stereocenters. The highest BCUT2D eigenvalue weighted by atomic mass is 127. The third kappa shape index (κ3) is 3.44. The average molecular weight is 392 g/mol. The molecule has 3 rings (SSSR count). The maximum Gasteiger partial charge on any atom is 0.255 e. The standard InChI is InChI=1S/C17H17IN2O/c1-20-9-8-12-4-7-16(10-14(12)11-20)19-17(21)13-2-5-15(18)6-3-13/h2-7,10H,8-9,11H2,1H3,(H,19,21). The Morgan fingerprint density at radius 1 is 1.14 bits per heavy atom. The van der Waals surface area contributed by atoms with Crippen molar-refractivity contribution < 1.29 is 4.79 Å². The number of halogens is 1. The number of benzene rings is 2. The Kier molecular flexibility index (Phi) is 4.26. The molecule has 1 N–H and O–H groups in total. The second-order valence-electron chi connectivity index (χ2n) is 5.43. The minimum absolute atomic E-state index is 0.0597. The first-order valence-electron chi connectivity index (χ1n) is 6.99. The first-order valence-corrected chi connectivity index (χ1v) is 8.07. The highest BCUT2D eigenvalue weighted by molar-refractivity contribution is 14.1. The molecule has 0 saturated carbocycles. The summed E-state index contributed by atoms with van der Waals surface area (Å²) in [7, 11) is 2.12. The van der Waals surface area contributed by atoms with Gasteiger partial charge in [0.2, 0.25) is 0 Å². The van der Waals surface area contributed by atoms with Gasteiger partial charge in [-0.1, -0.05) is 6.07 Å². The largest absolute Gasteiger partial charge is 0.322 e. The van der Waals surface area contributed by atoms with E-state index in [-0.39, 0.29) is 5.91 Å². The van der Waals surface area contributed by atoms with Crippen LogP contribution in [0.4, 0.5) is 5.69 Å². The number of nitrogens with zero attached hydrogens (tertiary/aromatic N) is 1. The molecule has 0 bridgehead atoms. The highest BCUT2D eigenvalue weighted by Gasteiger charge is 2.14. The van der Waals surface area contributed by atoms with Gasteiger partial charge < -0.3 is 10.2 Å². The Hall–Kier alpha value is -1.40. The summed E-state index contributed by atoms with van der Waals surface area (Å²) in [4.78, 5) is 14.5. The molecule has 4 heteroatoms. The van der Waals surface area contributed by atoms with Crippen LogP contribution < -0.4 is 5.32 Å². The Labute approximate surface area is 138 Å². The zero-order valence-electron chi connectivity index (χ0n) is 11.9. The molecule has 1 aliphatic heterocycles. The molecule has 3 nitrogen and oxygen atoms in total. The molecule has 1 heterocycles. The molecule has 0 radical (unpaired) electrons. The maximum absolute atomic E-state index is 12.2. The molecule has 2 aromatic carbocycles. The van der Waals surface area contributed by atoms with E-state index in [9.17, 15) is 4.79 Å². The normalized spacial score (nSPS) is 14.6. The zero-order chi connectivity index (χ0) is 14.8. The van der Waals surface area contributed by atoms with Gasteiger partial charge in [0.25, 0.3) is 5.91 Å². The smallest absolute Gasteiger partial charge is 0.255 e. The number of carbonyl (C=O) groups is 1. The van der Waals surface area contributed by atoms with E-state index >= 15 is 0 Å². The summed E-state index contributed by atoms with van der Waals surface area (Å²) < 4.78 is 1.13. The quantitative estimate of drug-likeness (QED) is 0.794. The van der Waals surface area contributed by atoms with Crippen LogP contribution in [0.25, 0.3) is 0 Å². The van der Waals surface area contributed by atoms with Crippen molar-refractivity contribution in [2.75, 3.05) is 18.9 Å². The summed E-state index contributed by atoms with van der Waals surface area (Å²) in [6, 6.07) is 13.8. The number of nitrogens with one attached hydrogen (secondary N) is 1. The SMILES string of the molecule is CN1CCc2ccc(NC(=O)c3ccc(I)cc3)cc2C1. The van der Waals surface area contributed by atoms with Crippen LogP contribution >= 0.6 is 22.6 Å². The number of fused-ring (bicyclic) bond motifs is 1. The summed E-state index contributed by atoms with van der Waals surface area (Å²) in [6.45, 7) is 2.05. The summed E-state index contributed by atoms with van der Waals surface area (Å²) >= 11 is 2.23. The lowest BCUT2D eigenvalue weighted by molar-refractivity contribution is 0.102. The molecule has 0 spiro atoms. The van der Waals surface area contributed by atoms with Gasteiger partial charge in [0, 0.05) is 27.9 Å². The van der Waals surface area contributed by atoms with E-state index in [1.54, 1.807) is 0 Å². The van der Waals surface area contributed by atoms with Crippen molar-refractivity contribution in [2.24, 2.45) is 0 Å². The lowest BCUT2D eigenvalue weighted by Gasteiger charge is -2.25. The van der Waals surface area contributed by atoms with Gasteiger partial charge in [-0.3, -0.25) is 4.79 Å². The van der Waals surface area contributed by atoms with Crippen LogP contribution in [0.2, 0.25) is 0 Å². The van der Waals surface area contributed by atoms with Gasteiger partial charge in [-0.05, 0) is 83.6 Å². The number of carbonyl (C=O) groups excluding carboxylic acids is 1. The van der Waals surface area contributed by atoms with Gasteiger partial charge in [0.15, 0.2) is 0 Å². The van der Waals surface area contributed by atoms with Gasteiger partial charge in [-0.25, -0.2) is 0 Å². The number of rotatable bonds is 2. The molecular formula is C17H17IN2O. The number of likely N-dealkylation sites (N-methyl/N-ethyl adjacent to an activating group) is 1. The van der Waals surface area contributed by atoms with E-state index in [0.717, 1.165) is 28.8 Å². The molecule has 0 fully saturated rings. The summed E-state index contributed by atoms with van der Waals surface area (Å²) in [6.07, 6.45) is 1.08. The second-order valence-corrected chi connectivity index (χ2v) is 6.68. The molecule has 21 heavy (non-hydrogen) atoms. The first-order chi connectivity index (χ1) is 10.1. The maximum atomic E-state index is 12.2. The molecule has 2 aromatic rings. The van der Waals surface area contributed by atoms with Crippen LogP contribution in [-0.2, 0) is 13.0 Å². The fourth-order valence-electron chi connectivity index (χ4n) is 2.58. The first kappa shape index (κ1) is 14.5. The van der Waals surface area contributed by atoms with E-state index in [4.69, 9.17) is 0 Å². The molecular weight excluding hydrogens is 375 g/mol. The van der Waals surface area contributed by atoms with Crippen LogP contribution in [0, 0.1) is 3.57 Å². The molecule has 0 atom stereocenters. The van der Waals surface area contributed by atoms with Gasteiger partial charge in [-0.15, -0.1) is 0 Å². The molecule has 1 aliphatic rings. The fraction of sp³-hybridized carbons (Fsp3) is 0.235. The number of hydrogen-bond acceptors (Lipinski definition) is 2.